The maximum absolute atomic E-state index is 9.76. The number of fused-ring (bicyclic) bond motifs is 3. The summed E-state index contributed by atoms with van der Waals surface area (Å²) in [6, 6.07) is 5.47. The number of hydrogen-bond acceptors (Lipinski definition) is 5. The van der Waals surface area contributed by atoms with Crippen LogP contribution in [0.5, 0.6) is 5.75 Å². The van der Waals surface area contributed by atoms with Gasteiger partial charge in [-0.25, -0.2) is 9.97 Å². The monoisotopic (exact) mass is 355 g/mol. The molecule has 0 radical (unpaired) electrons. The lowest BCUT2D eigenvalue weighted by Crippen LogP contribution is -2.43. The van der Waals surface area contributed by atoms with Gasteiger partial charge in [0.2, 0.25) is 0 Å². The lowest BCUT2D eigenvalue weighted by atomic mass is 10.1. The van der Waals surface area contributed by atoms with Crippen molar-refractivity contribution in [3.05, 3.63) is 24.5 Å². The molecular weight excluding hydrogens is 337 g/mol. The van der Waals surface area contributed by atoms with Gasteiger partial charge in [-0.2, -0.15) is 0 Å². The van der Waals surface area contributed by atoms with Crippen LogP contribution < -0.4 is 10.6 Å². The zero-order valence-corrected chi connectivity index (χ0v) is 14.0. The van der Waals surface area contributed by atoms with Crippen molar-refractivity contribution < 1.29 is 5.11 Å². The van der Waals surface area contributed by atoms with E-state index < -0.39 is 0 Å². The standard InChI is InChI=1S/C15H17N5O.2ClH/c16-9-2-1-5-20(7-9)15-13-11-6-10(21)3-4-12(11)19-14(13)17-8-18-15;;/h3-4,6,8-9,21H,1-2,5,7,16H2,(H,17,18,19);2*1H. The van der Waals surface area contributed by atoms with Crippen molar-refractivity contribution in [1.29, 1.82) is 0 Å². The predicted molar refractivity (Wildman–Crippen MR) is 97.0 cm³/mol. The predicted octanol–water partition coefficient (Wildman–Crippen LogP) is 2.59. The van der Waals surface area contributed by atoms with E-state index in [0.29, 0.717) is 0 Å². The highest BCUT2D eigenvalue weighted by Gasteiger charge is 2.21. The van der Waals surface area contributed by atoms with Gasteiger partial charge in [0.15, 0.2) is 0 Å². The molecule has 1 aliphatic rings. The minimum absolute atomic E-state index is 0. The molecule has 4 rings (SSSR count). The molecule has 6 nitrogen and oxygen atoms in total. The Hall–Kier alpha value is -1.76. The normalized spacial score (nSPS) is 17.8. The number of nitrogens with zero attached hydrogens (tertiary/aromatic N) is 3. The summed E-state index contributed by atoms with van der Waals surface area (Å²) in [5, 5.41) is 11.7. The Bertz CT molecular complexity index is 822. The first kappa shape index (κ1) is 17.6. The average Bonchev–Trinajstić information content (AvgIpc) is 2.85. The van der Waals surface area contributed by atoms with Crippen LogP contribution in [0.1, 0.15) is 12.8 Å². The van der Waals surface area contributed by atoms with Crippen molar-refractivity contribution in [2.24, 2.45) is 5.73 Å². The van der Waals surface area contributed by atoms with Crippen LogP contribution in [0, 0.1) is 0 Å². The van der Waals surface area contributed by atoms with Gasteiger partial charge in [0.05, 0.1) is 5.39 Å². The van der Waals surface area contributed by atoms with Crippen molar-refractivity contribution in [2.45, 2.75) is 18.9 Å². The van der Waals surface area contributed by atoms with Crippen molar-refractivity contribution in [3.63, 3.8) is 0 Å². The van der Waals surface area contributed by atoms with Gasteiger partial charge in [-0.1, -0.05) is 0 Å². The number of anilines is 1. The summed E-state index contributed by atoms with van der Waals surface area (Å²) in [6.45, 7) is 1.75. The van der Waals surface area contributed by atoms with Gasteiger partial charge in [0.25, 0.3) is 0 Å². The summed E-state index contributed by atoms with van der Waals surface area (Å²) in [5.74, 6) is 1.14. The summed E-state index contributed by atoms with van der Waals surface area (Å²) in [4.78, 5) is 14.3. The summed E-state index contributed by atoms with van der Waals surface area (Å²) in [6.07, 6.45) is 3.70. The molecule has 0 aliphatic carbocycles. The quantitative estimate of drug-likeness (QED) is 0.623. The average molecular weight is 356 g/mol. The van der Waals surface area contributed by atoms with E-state index in [9.17, 15) is 5.11 Å². The molecule has 1 saturated heterocycles. The van der Waals surface area contributed by atoms with Crippen LogP contribution in [-0.2, 0) is 0 Å². The maximum Gasteiger partial charge on any atom is 0.143 e. The zero-order valence-electron chi connectivity index (χ0n) is 12.4. The number of halogens is 2. The van der Waals surface area contributed by atoms with Gasteiger partial charge >= 0.3 is 0 Å². The van der Waals surface area contributed by atoms with E-state index in [2.05, 4.69) is 19.9 Å². The van der Waals surface area contributed by atoms with Gasteiger partial charge in [0, 0.05) is 30.0 Å². The van der Waals surface area contributed by atoms with Crippen molar-refractivity contribution in [1.82, 2.24) is 15.0 Å². The molecule has 1 unspecified atom stereocenters. The molecule has 0 bridgehead atoms. The van der Waals surface area contributed by atoms with Gasteiger partial charge in [-0.15, -0.1) is 24.8 Å². The molecule has 3 aromatic rings. The van der Waals surface area contributed by atoms with Crippen molar-refractivity contribution in [3.8, 4) is 5.75 Å². The third kappa shape index (κ3) is 3.02. The molecule has 4 N–H and O–H groups in total. The molecular formula is C15H19Cl2N5O. The lowest BCUT2D eigenvalue weighted by Gasteiger charge is -2.31. The van der Waals surface area contributed by atoms with Crippen LogP contribution in [0.3, 0.4) is 0 Å². The highest BCUT2D eigenvalue weighted by molar-refractivity contribution is 6.11. The number of nitrogens with one attached hydrogen (secondary N) is 1. The first-order chi connectivity index (χ1) is 10.2. The molecule has 1 fully saturated rings. The van der Waals surface area contributed by atoms with E-state index in [1.165, 1.54) is 0 Å². The summed E-state index contributed by atoms with van der Waals surface area (Å²) in [7, 11) is 0. The molecule has 0 amide bonds. The Morgan fingerprint density at radius 1 is 1.26 bits per heavy atom. The van der Waals surface area contributed by atoms with Gasteiger partial charge in [-0.3, -0.25) is 0 Å². The van der Waals surface area contributed by atoms with Crippen LogP contribution >= 0.6 is 24.8 Å². The number of aromatic hydroxyl groups is 1. The van der Waals surface area contributed by atoms with E-state index in [-0.39, 0.29) is 36.6 Å². The fraction of sp³-hybridized carbons (Fsp3) is 0.333. The molecule has 3 heterocycles. The first-order valence-corrected chi connectivity index (χ1v) is 7.18. The van der Waals surface area contributed by atoms with E-state index >= 15 is 0 Å². The van der Waals surface area contributed by atoms with Gasteiger partial charge in [0.1, 0.15) is 23.5 Å². The molecule has 1 atom stereocenters. The summed E-state index contributed by atoms with van der Waals surface area (Å²) in [5.41, 5.74) is 7.83. The number of aromatic nitrogens is 3. The van der Waals surface area contributed by atoms with E-state index in [0.717, 1.165) is 53.7 Å². The third-order valence-electron chi connectivity index (χ3n) is 4.11. The fourth-order valence-electron chi connectivity index (χ4n) is 3.14. The van der Waals surface area contributed by atoms with Crippen LogP contribution in [-0.4, -0.2) is 39.2 Å². The van der Waals surface area contributed by atoms with E-state index in [1.54, 1.807) is 18.5 Å². The highest BCUT2D eigenvalue weighted by Crippen LogP contribution is 2.33. The highest BCUT2D eigenvalue weighted by atomic mass is 35.5. The maximum atomic E-state index is 9.76. The molecule has 23 heavy (non-hydrogen) atoms. The molecule has 0 spiro atoms. The Kier molecular flexibility index (Phi) is 5.19. The number of hydrogen-bond donors (Lipinski definition) is 3. The van der Waals surface area contributed by atoms with Crippen LogP contribution in [0.4, 0.5) is 5.82 Å². The smallest absolute Gasteiger partial charge is 0.143 e. The van der Waals surface area contributed by atoms with Gasteiger partial charge < -0.3 is 20.7 Å². The topological polar surface area (TPSA) is 91.1 Å². The number of piperidine rings is 1. The number of aromatic amines is 1. The Morgan fingerprint density at radius 3 is 2.87 bits per heavy atom. The molecule has 124 valence electrons. The van der Waals surface area contributed by atoms with Crippen molar-refractivity contribution >= 4 is 52.6 Å². The number of phenols is 1. The minimum atomic E-state index is 0. The van der Waals surface area contributed by atoms with Gasteiger partial charge in [-0.05, 0) is 31.0 Å². The summed E-state index contributed by atoms with van der Waals surface area (Å²) < 4.78 is 0. The van der Waals surface area contributed by atoms with Crippen molar-refractivity contribution in [2.75, 3.05) is 18.0 Å². The molecule has 0 saturated carbocycles. The second kappa shape index (κ2) is 6.78. The zero-order chi connectivity index (χ0) is 14.4. The molecule has 1 aliphatic heterocycles. The largest absolute Gasteiger partial charge is 0.508 e. The lowest BCUT2D eigenvalue weighted by molar-refractivity contribution is 0.476. The number of H-pyrrole nitrogens is 1. The second-order valence-corrected chi connectivity index (χ2v) is 5.62. The first-order valence-electron chi connectivity index (χ1n) is 7.18. The number of phenolic OH excluding ortho intramolecular Hbond substituents is 1. The number of rotatable bonds is 1. The third-order valence-corrected chi connectivity index (χ3v) is 4.11. The Morgan fingerprint density at radius 2 is 2.09 bits per heavy atom. The number of nitrogens with two attached hydrogens (primary N) is 1. The SMILES string of the molecule is Cl.Cl.NC1CCCN(c2ncnc3[nH]c4ccc(O)cc4c23)C1. The molecule has 8 heteroatoms. The van der Waals surface area contributed by atoms with E-state index in [1.807, 2.05) is 6.07 Å². The Balaban J connectivity index is 0.000000960. The minimum Gasteiger partial charge on any atom is -0.508 e. The number of benzene rings is 1. The van der Waals surface area contributed by atoms with Crippen LogP contribution in [0.15, 0.2) is 24.5 Å². The molecule has 2 aromatic heterocycles. The second-order valence-electron chi connectivity index (χ2n) is 5.62. The summed E-state index contributed by atoms with van der Waals surface area (Å²) >= 11 is 0. The van der Waals surface area contributed by atoms with Crippen LogP contribution in [0.2, 0.25) is 0 Å². The van der Waals surface area contributed by atoms with E-state index in [4.69, 9.17) is 5.73 Å². The fourth-order valence-corrected chi connectivity index (χ4v) is 3.14. The van der Waals surface area contributed by atoms with Crippen LogP contribution in [0.25, 0.3) is 21.9 Å². The molecule has 1 aromatic carbocycles. The Labute approximate surface area is 145 Å².